The number of likely N-dealkylation sites (tertiary alicyclic amines) is 1. The lowest BCUT2D eigenvalue weighted by molar-refractivity contribution is -0.151. The zero-order valence-corrected chi connectivity index (χ0v) is 38.5. The third kappa shape index (κ3) is 16.7. The van der Waals surface area contributed by atoms with E-state index in [4.69, 9.17) is 28.4 Å². The molecule has 2 rings (SSSR count). The first-order valence-electron chi connectivity index (χ1n) is 21.6. The average molecular weight is 862 g/mol. The van der Waals surface area contributed by atoms with E-state index >= 15 is 0 Å². The maximum atomic E-state index is 14.3. The Morgan fingerprint density at radius 3 is 2.10 bits per heavy atom. The fourth-order valence-electron chi connectivity index (χ4n) is 7.82. The van der Waals surface area contributed by atoms with Crippen LogP contribution in [0, 0.1) is 17.8 Å². The lowest BCUT2D eigenvalue weighted by Crippen LogP contribution is -2.55. The molecule has 1 aromatic carbocycles. The van der Waals surface area contributed by atoms with Gasteiger partial charge in [-0.05, 0) is 44.2 Å². The summed E-state index contributed by atoms with van der Waals surface area (Å²) in [5, 5.41) is 8.71. The van der Waals surface area contributed by atoms with Crippen molar-refractivity contribution >= 4 is 29.6 Å². The van der Waals surface area contributed by atoms with E-state index in [0.717, 1.165) is 5.56 Å². The summed E-state index contributed by atoms with van der Waals surface area (Å²) in [7, 11) is 8.01. The van der Waals surface area contributed by atoms with Crippen LogP contribution in [-0.4, -0.2) is 157 Å². The van der Waals surface area contributed by atoms with Gasteiger partial charge in [0.05, 0.1) is 75.7 Å². The molecular formula is C45H75N5O11. The number of esters is 1. The summed E-state index contributed by atoms with van der Waals surface area (Å²) in [4.78, 5) is 72.0. The molecule has 61 heavy (non-hydrogen) atoms. The molecule has 16 nitrogen and oxygen atoms in total. The number of methoxy groups -OCH3 is 3. The number of hydrogen-bond donors (Lipinski definition) is 3. The molecule has 346 valence electrons. The van der Waals surface area contributed by atoms with Crippen LogP contribution in [0.15, 0.2) is 42.1 Å². The van der Waals surface area contributed by atoms with Gasteiger partial charge in [-0.1, -0.05) is 77.4 Å². The molecule has 0 radical (unpaired) electrons. The van der Waals surface area contributed by atoms with Gasteiger partial charge in [-0.2, -0.15) is 0 Å². The minimum Gasteiger partial charge on any atom is -0.462 e. The van der Waals surface area contributed by atoms with Crippen LogP contribution in [0.5, 0.6) is 0 Å². The zero-order valence-electron chi connectivity index (χ0n) is 38.5. The van der Waals surface area contributed by atoms with Crippen LogP contribution in [0.25, 0.3) is 0 Å². The molecule has 1 aromatic rings. The average Bonchev–Trinajstić information content (AvgIpc) is 3.74. The molecule has 0 bridgehead atoms. The number of amides is 4. The number of nitrogens with one attached hydrogen (secondary N) is 3. The lowest BCUT2D eigenvalue weighted by atomic mass is 9.90. The molecule has 0 saturated carbocycles. The summed E-state index contributed by atoms with van der Waals surface area (Å²) >= 11 is 0. The standard InChI is InChI=1S/C45H75N5O11/c1-12-31(5)40(49(8)44(54)34(13-2)47-43(53)39(46-7)30(3)4)37(57-10)29-38(51)50-21-17-20-36(50)41(58-11)32(6)42(52)48-35(28-33-18-15-14-16-19-33)45(55)61-27-26-60-25-24-59-23-22-56-9/h13-16,18-19,30-32,35-37,39-41,46H,12,17,20-29H2,1-11H3,(H,47,53)(H,48,52)/t31-,32+,35-,36-,37+,39-,40-,41+/m0/s1. The number of likely N-dealkylation sites (N-methyl/N-ethyl adjacent to an activating group) is 2. The van der Waals surface area contributed by atoms with Crippen molar-refractivity contribution in [3.8, 4) is 0 Å². The van der Waals surface area contributed by atoms with Gasteiger partial charge in [-0.25, -0.2) is 4.79 Å². The van der Waals surface area contributed by atoms with E-state index in [9.17, 15) is 24.0 Å². The van der Waals surface area contributed by atoms with Gasteiger partial charge in [0.2, 0.25) is 17.7 Å². The van der Waals surface area contributed by atoms with Crippen LogP contribution in [0.3, 0.4) is 0 Å². The highest BCUT2D eigenvalue weighted by Gasteiger charge is 2.43. The van der Waals surface area contributed by atoms with Crippen LogP contribution in [0.4, 0.5) is 0 Å². The smallest absolute Gasteiger partial charge is 0.329 e. The monoisotopic (exact) mass is 862 g/mol. The fraction of sp³-hybridized carbons (Fsp3) is 0.711. The molecule has 1 heterocycles. The largest absolute Gasteiger partial charge is 0.462 e. The Balaban J connectivity index is 2.20. The molecule has 8 atom stereocenters. The van der Waals surface area contributed by atoms with Crippen LogP contribution >= 0.6 is 0 Å². The van der Waals surface area contributed by atoms with Crippen molar-refractivity contribution in [2.24, 2.45) is 17.8 Å². The van der Waals surface area contributed by atoms with E-state index in [2.05, 4.69) is 16.0 Å². The van der Waals surface area contributed by atoms with Crippen molar-refractivity contribution in [2.45, 2.75) is 110 Å². The SMILES string of the molecule is CC=C(NC(=O)[C@@H](NC)C(C)C)C(=O)N(C)[C@@H]([C@@H](C)CC)[C@@H](CC(=O)N1CCC[C@H]1[C@H](OC)[C@@H](C)C(=O)N[C@@H](Cc1ccccc1)C(=O)OCCOCCOCCOC)OC. The van der Waals surface area contributed by atoms with E-state index in [-0.39, 0.29) is 55.4 Å². The number of rotatable bonds is 29. The number of benzene rings is 1. The van der Waals surface area contributed by atoms with Crippen molar-refractivity contribution in [2.75, 3.05) is 81.6 Å². The maximum Gasteiger partial charge on any atom is 0.329 e. The van der Waals surface area contributed by atoms with Crippen molar-refractivity contribution in [3.05, 3.63) is 47.7 Å². The van der Waals surface area contributed by atoms with Gasteiger partial charge in [0.15, 0.2) is 0 Å². The predicted octanol–water partition coefficient (Wildman–Crippen LogP) is 3.12. The van der Waals surface area contributed by atoms with E-state index in [1.807, 2.05) is 58.0 Å². The van der Waals surface area contributed by atoms with Gasteiger partial charge in [-0.15, -0.1) is 0 Å². The van der Waals surface area contributed by atoms with Crippen LogP contribution in [0.1, 0.15) is 72.8 Å². The second kappa shape index (κ2) is 28.6. The van der Waals surface area contributed by atoms with Gasteiger partial charge in [0.1, 0.15) is 18.3 Å². The quantitative estimate of drug-likeness (QED) is 0.0609. The Labute approximate surface area is 364 Å². The van der Waals surface area contributed by atoms with Crippen LogP contribution in [0.2, 0.25) is 0 Å². The number of allylic oxidation sites excluding steroid dienone is 1. The second-order valence-electron chi connectivity index (χ2n) is 15.9. The number of carbonyl (C=O) groups excluding carboxylic acids is 5. The number of ether oxygens (including phenoxy) is 6. The fourth-order valence-corrected chi connectivity index (χ4v) is 7.82. The van der Waals surface area contributed by atoms with Gasteiger partial charge in [-0.3, -0.25) is 19.2 Å². The molecule has 1 fully saturated rings. The molecule has 0 aliphatic carbocycles. The normalized spacial score (nSPS) is 17.8. The molecule has 1 aliphatic rings. The second-order valence-corrected chi connectivity index (χ2v) is 15.9. The summed E-state index contributed by atoms with van der Waals surface area (Å²) in [6, 6.07) is 6.92. The summed E-state index contributed by atoms with van der Waals surface area (Å²) in [5.41, 5.74) is 0.982. The molecule has 3 N–H and O–H groups in total. The molecule has 0 unspecified atom stereocenters. The van der Waals surface area contributed by atoms with Crippen LogP contribution < -0.4 is 16.0 Å². The summed E-state index contributed by atoms with van der Waals surface area (Å²) < 4.78 is 33.3. The van der Waals surface area contributed by atoms with E-state index in [1.165, 1.54) is 14.2 Å². The molecule has 4 amide bonds. The van der Waals surface area contributed by atoms with Crippen molar-refractivity contribution in [1.29, 1.82) is 0 Å². The van der Waals surface area contributed by atoms with Gasteiger partial charge in [0, 0.05) is 41.3 Å². The molecule has 1 saturated heterocycles. The Morgan fingerprint density at radius 1 is 0.902 bits per heavy atom. The van der Waals surface area contributed by atoms with Crippen molar-refractivity contribution in [3.63, 3.8) is 0 Å². The van der Waals surface area contributed by atoms with Crippen LogP contribution in [-0.2, 0) is 58.8 Å². The highest BCUT2D eigenvalue weighted by atomic mass is 16.6. The topological polar surface area (TPSA) is 183 Å². The van der Waals surface area contributed by atoms with E-state index in [0.29, 0.717) is 52.2 Å². The first-order chi connectivity index (χ1) is 29.2. The van der Waals surface area contributed by atoms with Gasteiger partial charge >= 0.3 is 5.97 Å². The molecule has 0 spiro atoms. The van der Waals surface area contributed by atoms with Gasteiger partial charge < -0.3 is 54.2 Å². The Kier molecular flexibility index (Phi) is 25.0. The Hall–Kier alpha value is -3.93. The third-order valence-electron chi connectivity index (χ3n) is 11.4. The minimum absolute atomic E-state index is 0.000191. The number of carbonyl (C=O) groups is 5. The van der Waals surface area contributed by atoms with Gasteiger partial charge in [0.25, 0.3) is 5.91 Å². The van der Waals surface area contributed by atoms with Crippen molar-refractivity contribution in [1.82, 2.24) is 25.8 Å². The summed E-state index contributed by atoms with van der Waals surface area (Å²) in [5.74, 6) is -2.74. The highest BCUT2D eigenvalue weighted by Crippen LogP contribution is 2.29. The molecular weight excluding hydrogens is 787 g/mol. The Morgan fingerprint density at radius 2 is 1.54 bits per heavy atom. The predicted molar refractivity (Wildman–Crippen MR) is 232 cm³/mol. The first-order valence-corrected chi connectivity index (χ1v) is 21.6. The molecule has 1 aliphatic heterocycles. The maximum absolute atomic E-state index is 14.3. The Bertz CT molecular complexity index is 1510. The first kappa shape index (κ1) is 53.2. The molecule has 0 aromatic heterocycles. The van der Waals surface area contributed by atoms with E-state index < -0.39 is 60.1 Å². The highest BCUT2D eigenvalue weighted by molar-refractivity contribution is 5.98. The lowest BCUT2D eigenvalue weighted by Gasteiger charge is -2.39. The number of hydrogen-bond acceptors (Lipinski definition) is 12. The molecule has 16 heteroatoms. The summed E-state index contributed by atoms with van der Waals surface area (Å²) in [6.45, 7) is 13.6. The van der Waals surface area contributed by atoms with Crippen molar-refractivity contribution < 1.29 is 52.4 Å². The minimum atomic E-state index is -0.982. The number of nitrogens with zero attached hydrogens (tertiary/aromatic N) is 2. The summed E-state index contributed by atoms with van der Waals surface area (Å²) in [6.07, 6.45) is 2.39. The zero-order chi connectivity index (χ0) is 45.5. The van der Waals surface area contributed by atoms with E-state index in [1.54, 1.807) is 50.9 Å². The third-order valence-corrected chi connectivity index (χ3v) is 11.4.